The first-order valence-electron chi connectivity index (χ1n) is 11.4. The van der Waals surface area contributed by atoms with Gasteiger partial charge in [-0.3, -0.25) is 9.69 Å². The second-order valence-electron chi connectivity index (χ2n) is 9.06. The summed E-state index contributed by atoms with van der Waals surface area (Å²) in [6.07, 6.45) is 4.75. The van der Waals surface area contributed by atoms with Crippen LogP contribution in [-0.2, 0) is 0 Å². The number of nitrogens with one attached hydrogen (secondary N) is 2. The Morgan fingerprint density at radius 1 is 1.03 bits per heavy atom. The van der Waals surface area contributed by atoms with Crippen LogP contribution in [0.2, 0.25) is 0 Å². The molecule has 2 atom stereocenters. The van der Waals surface area contributed by atoms with Gasteiger partial charge in [0.2, 0.25) is 0 Å². The molecule has 5 rings (SSSR count). The highest BCUT2D eigenvalue weighted by molar-refractivity contribution is 5.94. The molecule has 2 aromatic carbocycles. The maximum Gasteiger partial charge on any atom is 0.251 e. The van der Waals surface area contributed by atoms with E-state index in [0.717, 1.165) is 53.9 Å². The summed E-state index contributed by atoms with van der Waals surface area (Å²) in [5, 5.41) is 3.09. The first kappa shape index (κ1) is 20.2. The Morgan fingerprint density at radius 2 is 1.77 bits per heavy atom. The van der Waals surface area contributed by atoms with Gasteiger partial charge >= 0.3 is 0 Å². The lowest BCUT2D eigenvalue weighted by atomic mass is 10.0. The van der Waals surface area contributed by atoms with Crippen LogP contribution in [-0.4, -0.2) is 65.4 Å². The monoisotopic (exact) mass is 417 g/mol. The molecule has 2 aliphatic heterocycles. The van der Waals surface area contributed by atoms with E-state index in [1.165, 1.54) is 12.8 Å². The molecule has 1 amide bonds. The maximum absolute atomic E-state index is 12.5. The van der Waals surface area contributed by atoms with Crippen LogP contribution in [0.5, 0.6) is 0 Å². The molecule has 2 aliphatic rings. The minimum atomic E-state index is 0.00111. The van der Waals surface area contributed by atoms with E-state index in [9.17, 15) is 4.79 Å². The van der Waals surface area contributed by atoms with Crippen molar-refractivity contribution in [3.63, 3.8) is 0 Å². The van der Waals surface area contributed by atoms with Gasteiger partial charge in [0.15, 0.2) is 0 Å². The largest absolute Gasteiger partial charge is 0.350 e. The second kappa shape index (κ2) is 8.44. The summed E-state index contributed by atoms with van der Waals surface area (Å²) in [5.74, 6) is 1.06. The Kier molecular flexibility index (Phi) is 5.50. The topological polar surface area (TPSA) is 64.3 Å². The van der Waals surface area contributed by atoms with E-state index in [0.29, 0.717) is 24.2 Å². The van der Waals surface area contributed by atoms with E-state index in [1.54, 1.807) is 0 Å². The number of amides is 1. The number of likely N-dealkylation sites (N-methyl/N-ethyl adjacent to an activating group) is 1. The number of hydrogen-bond acceptors (Lipinski definition) is 4. The zero-order valence-corrected chi connectivity index (χ0v) is 18.4. The molecule has 3 heterocycles. The quantitative estimate of drug-likeness (QED) is 0.662. The number of carbonyl (C=O) groups excluding carboxylic acids is 1. The second-order valence-corrected chi connectivity index (χ2v) is 9.06. The fraction of sp³-hybridized carbons (Fsp3) is 0.440. The number of rotatable bonds is 5. The average molecular weight is 418 g/mol. The highest BCUT2D eigenvalue weighted by Gasteiger charge is 2.25. The Hall–Kier alpha value is -2.70. The minimum absolute atomic E-state index is 0.00111. The number of nitrogens with zero attached hydrogens (tertiary/aromatic N) is 3. The molecule has 0 spiro atoms. The number of hydrogen-bond donors (Lipinski definition) is 2. The Bertz CT molecular complexity index is 1070. The van der Waals surface area contributed by atoms with Crippen molar-refractivity contribution in [3.8, 4) is 11.1 Å². The first-order chi connectivity index (χ1) is 15.1. The number of benzene rings is 2. The molecule has 162 valence electrons. The molecule has 2 N–H and O–H groups in total. The molecule has 6 heteroatoms. The Balaban J connectivity index is 1.29. The highest BCUT2D eigenvalue weighted by atomic mass is 16.1. The lowest BCUT2D eigenvalue weighted by Gasteiger charge is -2.19. The molecular weight excluding hydrogens is 386 g/mol. The third kappa shape index (κ3) is 4.10. The normalized spacial score (nSPS) is 22.4. The van der Waals surface area contributed by atoms with Gasteiger partial charge in [0, 0.05) is 18.2 Å². The van der Waals surface area contributed by atoms with Crippen LogP contribution in [0.15, 0.2) is 42.5 Å². The third-order valence-electron chi connectivity index (χ3n) is 6.99. The van der Waals surface area contributed by atoms with Crippen molar-refractivity contribution in [2.75, 3.05) is 33.7 Å². The first-order valence-corrected chi connectivity index (χ1v) is 11.4. The lowest BCUT2D eigenvalue weighted by molar-refractivity contribution is 0.0943. The van der Waals surface area contributed by atoms with Gasteiger partial charge in [-0.15, -0.1) is 0 Å². The number of fused-ring (bicyclic) bond motifs is 1. The number of aromatic amines is 1. The van der Waals surface area contributed by atoms with Crippen molar-refractivity contribution in [1.29, 1.82) is 0 Å². The van der Waals surface area contributed by atoms with Crippen LogP contribution >= 0.6 is 0 Å². The number of likely N-dealkylation sites (tertiary alicyclic amines) is 2. The van der Waals surface area contributed by atoms with Crippen LogP contribution in [0, 0.1) is 0 Å². The van der Waals surface area contributed by atoms with Gasteiger partial charge < -0.3 is 15.2 Å². The lowest BCUT2D eigenvalue weighted by Crippen LogP contribution is -2.38. The molecule has 2 saturated heterocycles. The van der Waals surface area contributed by atoms with Crippen LogP contribution in [0.4, 0.5) is 0 Å². The van der Waals surface area contributed by atoms with E-state index in [-0.39, 0.29) is 5.91 Å². The SMILES string of the molecule is CN1CCC[C@H]1CNC(=O)c1ccc(-c2ccc3nc([C@@H]4CCCN4C)[nH]c3c2)cc1. The van der Waals surface area contributed by atoms with Gasteiger partial charge in [0.05, 0.1) is 17.1 Å². The summed E-state index contributed by atoms with van der Waals surface area (Å²) in [4.78, 5) is 25.6. The standard InChI is InChI=1S/C25H31N5O/c1-29-13-3-5-20(29)16-26-25(31)18-9-7-17(8-10-18)19-11-12-21-22(15-19)28-24(27-21)23-6-4-14-30(23)2/h7-12,15,20,23H,3-6,13-14,16H2,1-2H3,(H,26,31)(H,27,28)/t20-,23-/m0/s1. The summed E-state index contributed by atoms with van der Waals surface area (Å²) < 4.78 is 0. The number of imidazole rings is 1. The van der Waals surface area contributed by atoms with Crippen molar-refractivity contribution >= 4 is 16.9 Å². The van der Waals surface area contributed by atoms with E-state index in [4.69, 9.17) is 4.98 Å². The van der Waals surface area contributed by atoms with Crippen molar-refractivity contribution in [3.05, 3.63) is 53.9 Å². The molecule has 6 nitrogen and oxygen atoms in total. The molecule has 0 saturated carbocycles. The fourth-order valence-corrected chi connectivity index (χ4v) is 4.99. The van der Waals surface area contributed by atoms with E-state index < -0.39 is 0 Å². The highest BCUT2D eigenvalue weighted by Crippen LogP contribution is 2.31. The summed E-state index contributed by atoms with van der Waals surface area (Å²) in [6, 6.07) is 15.1. The van der Waals surface area contributed by atoms with E-state index >= 15 is 0 Å². The zero-order valence-electron chi connectivity index (χ0n) is 18.4. The predicted molar refractivity (Wildman–Crippen MR) is 124 cm³/mol. The molecule has 31 heavy (non-hydrogen) atoms. The molecule has 2 fully saturated rings. The van der Waals surface area contributed by atoms with Gasteiger partial charge in [0.1, 0.15) is 5.82 Å². The van der Waals surface area contributed by atoms with Crippen molar-refractivity contribution in [2.24, 2.45) is 0 Å². The summed E-state index contributed by atoms with van der Waals surface area (Å²) in [7, 11) is 4.30. The minimum Gasteiger partial charge on any atom is -0.350 e. The van der Waals surface area contributed by atoms with Crippen LogP contribution < -0.4 is 5.32 Å². The van der Waals surface area contributed by atoms with Gasteiger partial charge in [-0.1, -0.05) is 18.2 Å². The summed E-state index contributed by atoms with van der Waals surface area (Å²) in [6.45, 7) is 2.96. The zero-order chi connectivity index (χ0) is 21.4. The van der Waals surface area contributed by atoms with Crippen molar-refractivity contribution in [1.82, 2.24) is 25.1 Å². The molecule has 0 unspecified atom stereocenters. The smallest absolute Gasteiger partial charge is 0.251 e. The number of carbonyl (C=O) groups is 1. The molecule has 0 radical (unpaired) electrons. The molecule has 0 bridgehead atoms. The average Bonchev–Trinajstić information content (AvgIpc) is 3.50. The van der Waals surface area contributed by atoms with Crippen LogP contribution in [0.25, 0.3) is 22.2 Å². The summed E-state index contributed by atoms with van der Waals surface area (Å²) >= 11 is 0. The maximum atomic E-state index is 12.5. The third-order valence-corrected chi connectivity index (χ3v) is 6.99. The van der Waals surface area contributed by atoms with Crippen molar-refractivity contribution in [2.45, 2.75) is 37.8 Å². The van der Waals surface area contributed by atoms with E-state index in [2.05, 4.69) is 52.4 Å². The Morgan fingerprint density at radius 3 is 2.48 bits per heavy atom. The molecule has 0 aliphatic carbocycles. The van der Waals surface area contributed by atoms with E-state index in [1.807, 2.05) is 24.3 Å². The molecular formula is C25H31N5O. The van der Waals surface area contributed by atoms with Crippen LogP contribution in [0.1, 0.15) is 47.9 Å². The fourth-order valence-electron chi connectivity index (χ4n) is 4.99. The van der Waals surface area contributed by atoms with Gasteiger partial charge in [-0.2, -0.15) is 0 Å². The number of aromatic nitrogens is 2. The molecule has 3 aromatic rings. The van der Waals surface area contributed by atoms with Crippen LogP contribution in [0.3, 0.4) is 0 Å². The van der Waals surface area contributed by atoms with Gasteiger partial charge in [-0.25, -0.2) is 4.98 Å². The molecule has 1 aromatic heterocycles. The number of H-pyrrole nitrogens is 1. The van der Waals surface area contributed by atoms with Gasteiger partial charge in [0.25, 0.3) is 5.91 Å². The van der Waals surface area contributed by atoms with Gasteiger partial charge in [-0.05, 0) is 88.3 Å². The summed E-state index contributed by atoms with van der Waals surface area (Å²) in [5.41, 5.74) is 5.01. The van der Waals surface area contributed by atoms with Crippen molar-refractivity contribution < 1.29 is 4.79 Å². The predicted octanol–water partition coefficient (Wildman–Crippen LogP) is 3.82. The Labute approximate surface area is 183 Å².